The van der Waals surface area contributed by atoms with E-state index in [1.807, 2.05) is 0 Å². The molecule has 0 atom stereocenters. The first-order valence-corrected chi connectivity index (χ1v) is 22.0. The topological polar surface area (TPSA) is 19.6 Å². The molecule has 0 unspecified atom stereocenters. The van der Waals surface area contributed by atoms with Crippen LogP contribution in [-0.4, -0.2) is 0 Å². The number of hydrogen-bond acceptors (Lipinski definition) is 3. The van der Waals surface area contributed by atoms with Crippen molar-refractivity contribution in [3.8, 4) is 11.1 Å². The van der Waals surface area contributed by atoms with Crippen LogP contribution in [0.4, 0.5) is 34.1 Å². The van der Waals surface area contributed by atoms with E-state index in [0.717, 1.165) is 22.2 Å². The van der Waals surface area contributed by atoms with E-state index in [0.29, 0.717) is 0 Å². The van der Waals surface area contributed by atoms with Gasteiger partial charge >= 0.3 is 0 Å². The Labute approximate surface area is 362 Å². The highest BCUT2D eigenvalue weighted by molar-refractivity contribution is 6.15. The molecule has 62 heavy (non-hydrogen) atoms. The molecule has 298 valence electrons. The Morgan fingerprint density at radius 2 is 0.823 bits per heavy atom. The van der Waals surface area contributed by atoms with Gasteiger partial charge in [-0.3, -0.25) is 0 Å². The summed E-state index contributed by atoms with van der Waals surface area (Å²) in [4.78, 5) is 4.89. The predicted octanol–water partition coefficient (Wildman–Crippen LogP) is 16.4. The number of furan rings is 1. The van der Waals surface area contributed by atoms with Crippen molar-refractivity contribution in [3.05, 3.63) is 203 Å². The van der Waals surface area contributed by atoms with Crippen LogP contribution in [0.3, 0.4) is 0 Å². The summed E-state index contributed by atoms with van der Waals surface area (Å²) < 4.78 is 6.82. The summed E-state index contributed by atoms with van der Waals surface area (Å²) in [5.74, 6) is 0. The van der Waals surface area contributed by atoms with Gasteiger partial charge in [0.25, 0.3) is 0 Å². The Morgan fingerprint density at radius 3 is 1.34 bits per heavy atom. The molecule has 2 aliphatic heterocycles. The highest BCUT2D eigenvalue weighted by Gasteiger charge is 2.40. The molecule has 0 saturated heterocycles. The molecular weight excluding hydrogens is 753 g/mol. The van der Waals surface area contributed by atoms with E-state index in [-0.39, 0.29) is 16.2 Å². The van der Waals surface area contributed by atoms with Crippen LogP contribution in [0.15, 0.2) is 174 Å². The highest BCUT2D eigenvalue weighted by Crippen LogP contribution is 2.57. The van der Waals surface area contributed by atoms with Crippen molar-refractivity contribution in [3.63, 3.8) is 0 Å². The Bertz CT molecular complexity index is 3480. The fourth-order valence-electron chi connectivity index (χ4n) is 11.8. The van der Waals surface area contributed by atoms with E-state index in [2.05, 4.69) is 221 Å². The number of fused-ring (bicyclic) bond motifs is 13. The van der Waals surface area contributed by atoms with Gasteiger partial charge in [0.15, 0.2) is 0 Å². The van der Waals surface area contributed by atoms with Gasteiger partial charge in [-0.15, -0.1) is 0 Å². The summed E-state index contributed by atoms with van der Waals surface area (Å²) in [6, 6.07) is 63.4. The van der Waals surface area contributed by atoms with Crippen LogP contribution in [0.5, 0.6) is 0 Å². The normalized spacial score (nSPS) is 16.2. The lowest BCUT2D eigenvalue weighted by molar-refractivity contribution is 0.632. The monoisotopic (exact) mass is 798 g/mol. The quantitative estimate of drug-likeness (QED) is 0.174. The number of nitrogens with zero attached hydrogens (tertiary/aromatic N) is 2. The molecule has 3 aliphatic rings. The third-order valence-corrected chi connectivity index (χ3v) is 14.9. The molecule has 0 bridgehead atoms. The number of rotatable bonds is 2. The van der Waals surface area contributed by atoms with Crippen LogP contribution in [0, 0.1) is 0 Å². The number of benzene rings is 9. The van der Waals surface area contributed by atoms with Crippen molar-refractivity contribution in [2.75, 3.05) is 9.80 Å². The SMILES string of the molecule is CC1(C)c2ccccc2N(c2ccc3cc4c(cc3c2)C(C)(C)c2c-4ccc3oc4cc5cc(N6c7ccccc7C(C)(C)c7ccccc76)ccc5cc4c23)c2ccccc21. The molecule has 0 radical (unpaired) electrons. The van der Waals surface area contributed by atoms with Crippen molar-refractivity contribution in [1.82, 2.24) is 0 Å². The molecule has 0 fully saturated rings. The van der Waals surface area contributed by atoms with Crippen LogP contribution >= 0.6 is 0 Å². The van der Waals surface area contributed by atoms with Crippen LogP contribution in [-0.2, 0) is 16.2 Å². The van der Waals surface area contributed by atoms with Crippen molar-refractivity contribution in [2.24, 2.45) is 0 Å². The van der Waals surface area contributed by atoms with Gasteiger partial charge in [-0.05, 0) is 145 Å². The summed E-state index contributed by atoms with van der Waals surface area (Å²) in [5.41, 5.74) is 19.4. The van der Waals surface area contributed by atoms with E-state index in [9.17, 15) is 0 Å². The number of hydrogen-bond donors (Lipinski definition) is 0. The summed E-state index contributed by atoms with van der Waals surface area (Å²) in [5, 5.41) is 7.26. The van der Waals surface area contributed by atoms with Gasteiger partial charge in [-0.25, -0.2) is 0 Å². The maximum atomic E-state index is 6.82. The van der Waals surface area contributed by atoms with Crippen molar-refractivity contribution in [1.29, 1.82) is 0 Å². The minimum absolute atomic E-state index is 0.0976. The zero-order valence-electron chi connectivity index (χ0n) is 36.0. The Hall–Kier alpha value is -7.10. The minimum atomic E-state index is -0.249. The minimum Gasteiger partial charge on any atom is -0.456 e. The van der Waals surface area contributed by atoms with Gasteiger partial charge in [0.1, 0.15) is 11.2 Å². The van der Waals surface area contributed by atoms with Gasteiger partial charge in [0.05, 0.1) is 22.7 Å². The Kier molecular flexibility index (Phi) is 6.92. The van der Waals surface area contributed by atoms with E-state index in [4.69, 9.17) is 4.42 Å². The largest absolute Gasteiger partial charge is 0.456 e. The van der Waals surface area contributed by atoms with Gasteiger partial charge in [0.2, 0.25) is 0 Å². The lowest BCUT2D eigenvalue weighted by Crippen LogP contribution is -2.30. The average molecular weight is 799 g/mol. The maximum absolute atomic E-state index is 6.82. The third kappa shape index (κ3) is 4.61. The molecular formula is C59H46N2O. The molecule has 0 saturated carbocycles. The van der Waals surface area contributed by atoms with Gasteiger partial charge in [-0.1, -0.05) is 133 Å². The van der Waals surface area contributed by atoms with E-state index in [1.54, 1.807) is 0 Å². The molecule has 3 heteroatoms. The third-order valence-electron chi connectivity index (χ3n) is 14.9. The van der Waals surface area contributed by atoms with Crippen molar-refractivity contribution in [2.45, 2.75) is 57.8 Å². The van der Waals surface area contributed by atoms with Crippen molar-refractivity contribution >= 4 is 77.6 Å². The fraction of sp³-hybridized carbons (Fsp3) is 0.153. The van der Waals surface area contributed by atoms with Crippen LogP contribution in [0.25, 0.3) is 54.6 Å². The molecule has 0 N–H and O–H groups in total. The fourth-order valence-corrected chi connectivity index (χ4v) is 11.8. The van der Waals surface area contributed by atoms with Gasteiger partial charge in [0, 0.05) is 38.4 Å². The predicted molar refractivity (Wildman–Crippen MR) is 260 cm³/mol. The second-order valence-corrected chi connectivity index (χ2v) is 19.4. The lowest BCUT2D eigenvalue weighted by atomic mass is 9.73. The van der Waals surface area contributed by atoms with E-state index in [1.165, 1.54) is 99.9 Å². The second-order valence-electron chi connectivity index (χ2n) is 19.4. The first-order valence-electron chi connectivity index (χ1n) is 22.0. The average Bonchev–Trinajstić information content (AvgIpc) is 3.75. The maximum Gasteiger partial charge on any atom is 0.136 e. The van der Waals surface area contributed by atoms with Crippen molar-refractivity contribution < 1.29 is 4.42 Å². The van der Waals surface area contributed by atoms with E-state index < -0.39 is 0 Å². The summed E-state index contributed by atoms with van der Waals surface area (Å²) in [7, 11) is 0. The molecule has 13 rings (SSSR count). The molecule has 1 aromatic heterocycles. The Balaban J connectivity index is 0.934. The zero-order chi connectivity index (χ0) is 41.9. The highest BCUT2D eigenvalue weighted by atomic mass is 16.3. The first-order chi connectivity index (χ1) is 30.0. The molecule has 3 nitrogen and oxygen atoms in total. The molecule has 0 amide bonds. The summed E-state index contributed by atoms with van der Waals surface area (Å²) >= 11 is 0. The lowest BCUT2D eigenvalue weighted by Gasteiger charge is -2.42. The summed E-state index contributed by atoms with van der Waals surface area (Å²) in [6.07, 6.45) is 0. The van der Waals surface area contributed by atoms with E-state index >= 15 is 0 Å². The Morgan fingerprint density at radius 1 is 0.355 bits per heavy atom. The molecule has 9 aromatic carbocycles. The van der Waals surface area contributed by atoms with Crippen LogP contribution < -0.4 is 9.80 Å². The zero-order valence-corrected chi connectivity index (χ0v) is 36.0. The van der Waals surface area contributed by atoms with Crippen LogP contribution in [0.1, 0.15) is 74.9 Å². The standard InChI is InChI=1S/C59H46N2O/c1-57(2)44-15-7-11-19-49(44)60(50-20-12-8-16-45(50)57)39-25-23-35-31-42-41-27-28-53-55(56(41)59(5,6)48(42)33-37(35)29-39)43-32-36-24-26-40(30-38(36)34-54(43)62-53)61-51-21-13-9-17-46(51)58(3,4)47-18-10-14-22-52(47)61/h7-34H,1-6H3. The molecule has 3 heterocycles. The number of anilines is 6. The van der Waals surface area contributed by atoms with Gasteiger partial charge < -0.3 is 14.2 Å². The van der Waals surface area contributed by atoms with Gasteiger partial charge in [-0.2, -0.15) is 0 Å². The second kappa shape index (κ2) is 12.0. The smallest absolute Gasteiger partial charge is 0.136 e. The molecule has 0 spiro atoms. The number of para-hydroxylation sites is 4. The van der Waals surface area contributed by atoms with Crippen LogP contribution in [0.2, 0.25) is 0 Å². The summed E-state index contributed by atoms with van der Waals surface area (Å²) in [6.45, 7) is 14.2. The molecule has 10 aromatic rings. The first kappa shape index (κ1) is 35.6. The molecule has 1 aliphatic carbocycles.